The van der Waals surface area contributed by atoms with E-state index >= 15 is 0 Å². The molecule has 0 aliphatic carbocycles. The highest BCUT2D eigenvalue weighted by atomic mass is 32.1. The van der Waals surface area contributed by atoms with Crippen LogP contribution in [-0.4, -0.2) is 38.7 Å². The smallest absolute Gasteiger partial charge is 0.358 e. The standard InChI is InChI=1S/C13H18N4O2S/c1-9(7-11-4-3-10(2)20-11)14-5-6-17-8-12(13(18)19)15-16-17/h3-4,8-9,14H,5-7H2,1-2H3,(H,18,19). The molecule has 2 N–H and O–H groups in total. The number of nitrogens with one attached hydrogen (secondary N) is 1. The van der Waals surface area contributed by atoms with Crippen LogP contribution >= 0.6 is 11.3 Å². The number of carbonyl (C=O) groups is 1. The fourth-order valence-electron chi connectivity index (χ4n) is 1.90. The molecule has 0 spiro atoms. The van der Waals surface area contributed by atoms with E-state index in [1.807, 2.05) is 11.3 Å². The van der Waals surface area contributed by atoms with Crippen LogP contribution in [0.15, 0.2) is 18.3 Å². The van der Waals surface area contributed by atoms with Gasteiger partial charge >= 0.3 is 5.97 Å². The fourth-order valence-corrected chi connectivity index (χ4v) is 2.92. The Morgan fingerprint density at radius 2 is 2.35 bits per heavy atom. The van der Waals surface area contributed by atoms with Crippen molar-refractivity contribution < 1.29 is 9.90 Å². The Balaban J connectivity index is 1.73. The van der Waals surface area contributed by atoms with Gasteiger partial charge < -0.3 is 10.4 Å². The highest BCUT2D eigenvalue weighted by Crippen LogP contribution is 2.16. The van der Waals surface area contributed by atoms with Gasteiger partial charge in [-0.15, -0.1) is 16.4 Å². The summed E-state index contributed by atoms with van der Waals surface area (Å²) in [4.78, 5) is 13.4. The summed E-state index contributed by atoms with van der Waals surface area (Å²) >= 11 is 1.82. The SMILES string of the molecule is Cc1ccc(CC(C)NCCn2cc(C(=O)O)nn2)s1. The van der Waals surface area contributed by atoms with Crippen molar-refractivity contribution >= 4 is 17.3 Å². The van der Waals surface area contributed by atoms with Crippen LogP contribution in [0.5, 0.6) is 0 Å². The van der Waals surface area contributed by atoms with Gasteiger partial charge in [0.05, 0.1) is 12.7 Å². The summed E-state index contributed by atoms with van der Waals surface area (Å²) < 4.78 is 1.54. The van der Waals surface area contributed by atoms with E-state index in [2.05, 4.69) is 41.6 Å². The van der Waals surface area contributed by atoms with Crippen molar-refractivity contribution in [2.75, 3.05) is 6.54 Å². The van der Waals surface area contributed by atoms with Crippen LogP contribution in [0.2, 0.25) is 0 Å². The van der Waals surface area contributed by atoms with Gasteiger partial charge in [-0.05, 0) is 32.4 Å². The van der Waals surface area contributed by atoms with Gasteiger partial charge in [-0.2, -0.15) is 0 Å². The monoisotopic (exact) mass is 294 g/mol. The Labute approximate surface area is 121 Å². The molecule has 108 valence electrons. The third-order valence-electron chi connectivity index (χ3n) is 2.89. The van der Waals surface area contributed by atoms with Gasteiger partial charge in [0.25, 0.3) is 0 Å². The number of aryl methyl sites for hydroxylation is 1. The van der Waals surface area contributed by atoms with E-state index < -0.39 is 5.97 Å². The van der Waals surface area contributed by atoms with Crippen LogP contribution in [0.4, 0.5) is 0 Å². The van der Waals surface area contributed by atoms with E-state index in [0.29, 0.717) is 12.6 Å². The number of hydrogen-bond acceptors (Lipinski definition) is 5. The van der Waals surface area contributed by atoms with E-state index in [-0.39, 0.29) is 5.69 Å². The first kappa shape index (κ1) is 14.7. The Kier molecular flexibility index (Phi) is 4.86. The Morgan fingerprint density at radius 3 is 2.95 bits per heavy atom. The third kappa shape index (κ3) is 4.14. The Hall–Kier alpha value is -1.73. The predicted octanol–water partition coefficient (Wildman–Crippen LogP) is 1.57. The molecule has 2 aromatic heterocycles. The van der Waals surface area contributed by atoms with Crippen LogP contribution in [0.3, 0.4) is 0 Å². The summed E-state index contributed by atoms with van der Waals surface area (Å²) in [7, 11) is 0. The van der Waals surface area contributed by atoms with Crippen molar-refractivity contribution in [2.24, 2.45) is 0 Å². The molecule has 0 aromatic carbocycles. The number of thiophene rings is 1. The summed E-state index contributed by atoms with van der Waals surface area (Å²) in [6.07, 6.45) is 2.44. The molecule has 0 aliphatic rings. The first-order valence-electron chi connectivity index (χ1n) is 6.46. The third-order valence-corrected chi connectivity index (χ3v) is 3.92. The zero-order valence-corrected chi connectivity index (χ0v) is 12.4. The second kappa shape index (κ2) is 6.62. The maximum Gasteiger partial charge on any atom is 0.358 e. The largest absolute Gasteiger partial charge is 0.476 e. The van der Waals surface area contributed by atoms with E-state index in [1.54, 1.807) is 4.68 Å². The fraction of sp³-hybridized carbons (Fsp3) is 0.462. The second-order valence-electron chi connectivity index (χ2n) is 4.74. The minimum absolute atomic E-state index is 0.0212. The van der Waals surface area contributed by atoms with Crippen LogP contribution in [0, 0.1) is 6.92 Å². The number of hydrogen-bond donors (Lipinski definition) is 2. The van der Waals surface area contributed by atoms with Crippen molar-refractivity contribution in [1.82, 2.24) is 20.3 Å². The van der Waals surface area contributed by atoms with Gasteiger partial charge in [0, 0.05) is 22.3 Å². The van der Waals surface area contributed by atoms with Gasteiger partial charge in [0.1, 0.15) is 0 Å². The minimum atomic E-state index is -1.05. The summed E-state index contributed by atoms with van der Waals surface area (Å²) in [6, 6.07) is 4.67. The second-order valence-corrected chi connectivity index (χ2v) is 6.12. The molecular weight excluding hydrogens is 276 g/mol. The molecule has 1 unspecified atom stereocenters. The number of aromatic nitrogens is 3. The highest BCUT2D eigenvalue weighted by molar-refractivity contribution is 7.11. The maximum absolute atomic E-state index is 10.7. The molecular formula is C13H18N4O2S. The van der Waals surface area contributed by atoms with Crippen LogP contribution in [0.25, 0.3) is 0 Å². The van der Waals surface area contributed by atoms with Gasteiger partial charge in [0.15, 0.2) is 5.69 Å². The van der Waals surface area contributed by atoms with E-state index in [4.69, 9.17) is 5.11 Å². The van der Waals surface area contributed by atoms with Gasteiger partial charge in [-0.25, -0.2) is 4.79 Å². The van der Waals surface area contributed by atoms with Gasteiger partial charge in [-0.3, -0.25) is 4.68 Å². The molecule has 0 bridgehead atoms. The first-order chi connectivity index (χ1) is 9.54. The number of rotatable bonds is 7. The lowest BCUT2D eigenvalue weighted by atomic mass is 10.2. The summed E-state index contributed by atoms with van der Waals surface area (Å²) in [6.45, 7) is 5.58. The zero-order chi connectivity index (χ0) is 14.5. The van der Waals surface area contributed by atoms with E-state index in [9.17, 15) is 4.79 Å². The lowest BCUT2D eigenvalue weighted by molar-refractivity contribution is 0.0690. The van der Waals surface area contributed by atoms with Crippen molar-refractivity contribution in [3.8, 4) is 0 Å². The highest BCUT2D eigenvalue weighted by Gasteiger charge is 2.08. The van der Waals surface area contributed by atoms with Crippen LogP contribution < -0.4 is 5.32 Å². The van der Waals surface area contributed by atoms with Gasteiger partial charge in [-0.1, -0.05) is 5.21 Å². The Morgan fingerprint density at radius 1 is 1.55 bits per heavy atom. The Bertz CT molecular complexity index is 578. The van der Waals surface area contributed by atoms with Crippen molar-refractivity contribution in [2.45, 2.75) is 32.9 Å². The molecule has 2 rings (SSSR count). The average molecular weight is 294 g/mol. The average Bonchev–Trinajstić information content (AvgIpc) is 2.99. The van der Waals surface area contributed by atoms with Gasteiger partial charge in [0.2, 0.25) is 0 Å². The number of carboxylic acid groups (broad SMARTS) is 1. The molecule has 1 atom stereocenters. The molecule has 2 heterocycles. The van der Waals surface area contributed by atoms with Crippen molar-refractivity contribution in [3.63, 3.8) is 0 Å². The van der Waals surface area contributed by atoms with Crippen LogP contribution in [-0.2, 0) is 13.0 Å². The molecule has 0 aliphatic heterocycles. The van der Waals surface area contributed by atoms with Crippen LogP contribution in [0.1, 0.15) is 27.2 Å². The molecule has 0 radical (unpaired) electrons. The molecule has 2 aromatic rings. The predicted molar refractivity (Wildman–Crippen MR) is 77.2 cm³/mol. The lowest BCUT2D eigenvalue weighted by Crippen LogP contribution is -2.31. The topological polar surface area (TPSA) is 80.0 Å². The summed E-state index contributed by atoms with van der Waals surface area (Å²) in [5, 5.41) is 19.5. The maximum atomic E-state index is 10.7. The van der Waals surface area contributed by atoms with Crippen molar-refractivity contribution in [1.29, 1.82) is 0 Å². The number of carboxylic acids is 1. The molecule has 7 heteroatoms. The van der Waals surface area contributed by atoms with E-state index in [1.165, 1.54) is 16.0 Å². The molecule has 0 saturated heterocycles. The summed E-state index contributed by atoms with van der Waals surface area (Å²) in [5.41, 5.74) is -0.0212. The first-order valence-corrected chi connectivity index (χ1v) is 7.28. The molecule has 0 saturated carbocycles. The molecule has 20 heavy (non-hydrogen) atoms. The van der Waals surface area contributed by atoms with E-state index in [0.717, 1.165) is 13.0 Å². The molecule has 6 nitrogen and oxygen atoms in total. The summed E-state index contributed by atoms with van der Waals surface area (Å²) in [5.74, 6) is -1.05. The lowest BCUT2D eigenvalue weighted by Gasteiger charge is -2.12. The quantitative estimate of drug-likeness (QED) is 0.810. The molecule has 0 amide bonds. The number of nitrogens with zero attached hydrogens (tertiary/aromatic N) is 3. The van der Waals surface area contributed by atoms with Crippen molar-refractivity contribution in [3.05, 3.63) is 33.8 Å². The normalized spacial score (nSPS) is 12.5. The molecule has 0 fully saturated rings. The zero-order valence-electron chi connectivity index (χ0n) is 11.5. The minimum Gasteiger partial charge on any atom is -0.476 e. The number of aromatic carboxylic acids is 1.